The zero-order chi connectivity index (χ0) is 9.73. The summed E-state index contributed by atoms with van der Waals surface area (Å²) in [5, 5.41) is 10.2. The summed E-state index contributed by atoms with van der Waals surface area (Å²) < 4.78 is 5.27. The van der Waals surface area contributed by atoms with E-state index < -0.39 is 5.60 Å². The lowest BCUT2D eigenvalue weighted by molar-refractivity contribution is -0.0576. The molecule has 1 saturated heterocycles. The van der Waals surface area contributed by atoms with Crippen LogP contribution < -0.4 is 0 Å². The molecule has 1 N–H and O–H groups in total. The molecule has 1 atom stereocenters. The lowest BCUT2D eigenvalue weighted by Gasteiger charge is -2.35. The maximum Gasteiger partial charge on any atom is 0.0652 e. The number of allylic oxidation sites excluding steroid dienone is 1. The Morgan fingerprint density at radius 3 is 2.69 bits per heavy atom. The van der Waals surface area contributed by atoms with Gasteiger partial charge in [-0.3, -0.25) is 0 Å². The molecule has 0 radical (unpaired) electrons. The van der Waals surface area contributed by atoms with Gasteiger partial charge in [-0.1, -0.05) is 6.08 Å². The van der Waals surface area contributed by atoms with E-state index in [1.807, 2.05) is 13.0 Å². The predicted octanol–water partition coefficient (Wildman–Crippen LogP) is 2.13. The number of rotatable bonds is 4. The van der Waals surface area contributed by atoms with Gasteiger partial charge in [0.15, 0.2) is 0 Å². The van der Waals surface area contributed by atoms with E-state index in [1.54, 1.807) is 0 Å². The summed E-state index contributed by atoms with van der Waals surface area (Å²) in [6, 6.07) is 0. The Morgan fingerprint density at radius 1 is 1.54 bits per heavy atom. The molecule has 1 rings (SSSR count). The van der Waals surface area contributed by atoms with Crippen molar-refractivity contribution in [3.63, 3.8) is 0 Å². The number of ether oxygens (including phenoxy) is 1. The Kier molecular flexibility index (Phi) is 3.94. The van der Waals surface area contributed by atoms with Gasteiger partial charge in [0.1, 0.15) is 0 Å². The Balaban J connectivity index is 2.40. The van der Waals surface area contributed by atoms with Crippen LogP contribution in [0.1, 0.15) is 32.6 Å². The minimum atomic E-state index is -0.530. The molecule has 1 unspecified atom stereocenters. The van der Waals surface area contributed by atoms with Gasteiger partial charge in [0, 0.05) is 13.2 Å². The average molecular weight is 184 g/mol. The molecule has 0 spiro atoms. The largest absolute Gasteiger partial charge is 0.390 e. The van der Waals surface area contributed by atoms with Crippen molar-refractivity contribution >= 4 is 0 Å². The van der Waals surface area contributed by atoms with Crippen LogP contribution in [-0.4, -0.2) is 23.9 Å². The fourth-order valence-corrected chi connectivity index (χ4v) is 1.92. The van der Waals surface area contributed by atoms with Crippen molar-refractivity contribution in [1.82, 2.24) is 0 Å². The van der Waals surface area contributed by atoms with Gasteiger partial charge in [-0.2, -0.15) is 0 Å². The highest BCUT2D eigenvalue weighted by molar-refractivity contribution is 4.85. The van der Waals surface area contributed by atoms with Crippen LogP contribution in [0.25, 0.3) is 0 Å². The van der Waals surface area contributed by atoms with E-state index in [-0.39, 0.29) is 0 Å². The number of hydrogen-bond acceptors (Lipinski definition) is 2. The quantitative estimate of drug-likeness (QED) is 0.678. The third-order valence-corrected chi connectivity index (χ3v) is 2.96. The molecule has 1 aliphatic rings. The first-order valence-electron chi connectivity index (χ1n) is 5.08. The molecule has 0 aromatic heterocycles. The van der Waals surface area contributed by atoms with Crippen molar-refractivity contribution in [2.24, 2.45) is 5.92 Å². The monoisotopic (exact) mass is 184 g/mol. The minimum absolute atomic E-state index is 0.404. The summed E-state index contributed by atoms with van der Waals surface area (Å²) >= 11 is 0. The second kappa shape index (κ2) is 4.77. The fourth-order valence-electron chi connectivity index (χ4n) is 1.92. The van der Waals surface area contributed by atoms with Crippen LogP contribution in [0, 0.1) is 5.92 Å². The molecule has 1 heterocycles. The number of hydrogen-bond donors (Lipinski definition) is 1. The molecule has 0 bridgehead atoms. The summed E-state index contributed by atoms with van der Waals surface area (Å²) in [4.78, 5) is 0. The third-order valence-electron chi connectivity index (χ3n) is 2.96. The molecule has 0 aromatic rings. The molecule has 76 valence electrons. The predicted molar refractivity (Wildman–Crippen MR) is 53.6 cm³/mol. The van der Waals surface area contributed by atoms with Gasteiger partial charge in [0.05, 0.1) is 5.60 Å². The van der Waals surface area contributed by atoms with Crippen molar-refractivity contribution in [3.05, 3.63) is 12.7 Å². The van der Waals surface area contributed by atoms with Crippen LogP contribution in [0.4, 0.5) is 0 Å². The zero-order valence-corrected chi connectivity index (χ0v) is 8.46. The summed E-state index contributed by atoms with van der Waals surface area (Å²) in [5.41, 5.74) is -0.530. The average Bonchev–Trinajstić information content (AvgIpc) is 2.16. The molecule has 1 fully saturated rings. The molecular formula is C11H20O2. The smallest absolute Gasteiger partial charge is 0.0652 e. The lowest BCUT2D eigenvalue weighted by Crippen LogP contribution is -2.38. The Bertz CT molecular complexity index is 157. The maximum atomic E-state index is 10.2. The molecule has 13 heavy (non-hydrogen) atoms. The normalized spacial score (nSPS) is 23.8. The summed E-state index contributed by atoms with van der Waals surface area (Å²) in [6.45, 7) is 7.21. The van der Waals surface area contributed by atoms with Gasteiger partial charge in [-0.05, 0) is 38.5 Å². The van der Waals surface area contributed by atoms with Crippen LogP contribution in [0.3, 0.4) is 0 Å². The highest BCUT2D eigenvalue weighted by Gasteiger charge is 2.32. The maximum absolute atomic E-state index is 10.2. The van der Waals surface area contributed by atoms with Gasteiger partial charge in [0.25, 0.3) is 0 Å². The second-order valence-electron chi connectivity index (χ2n) is 4.07. The van der Waals surface area contributed by atoms with Gasteiger partial charge < -0.3 is 9.84 Å². The highest BCUT2D eigenvalue weighted by atomic mass is 16.5. The van der Waals surface area contributed by atoms with E-state index >= 15 is 0 Å². The molecule has 0 amide bonds. The summed E-state index contributed by atoms with van der Waals surface area (Å²) in [5.74, 6) is 0.404. The van der Waals surface area contributed by atoms with Crippen molar-refractivity contribution in [2.45, 2.75) is 38.2 Å². The van der Waals surface area contributed by atoms with Crippen LogP contribution in [0.5, 0.6) is 0 Å². The molecule has 2 heteroatoms. The molecule has 0 aromatic carbocycles. The summed E-state index contributed by atoms with van der Waals surface area (Å²) in [7, 11) is 0. The SMILES string of the molecule is C=CCCC(C)(O)C1CCOCC1. The van der Waals surface area contributed by atoms with E-state index in [0.717, 1.165) is 38.9 Å². The topological polar surface area (TPSA) is 29.5 Å². The van der Waals surface area contributed by atoms with Gasteiger partial charge in [-0.15, -0.1) is 6.58 Å². The van der Waals surface area contributed by atoms with Gasteiger partial charge >= 0.3 is 0 Å². The van der Waals surface area contributed by atoms with Crippen LogP contribution in [-0.2, 0) is 4.74 Å². The molecule has 1 aliphatic heterocycles. The first-order chi connectivity index (χ1) is 6.17. The molecule has 0 saturated carbocycles. The van der Waals surface area contributed by atoms with Crippen LogP contribution >= 0.6 is 0 Å². The van der Waals surface area contributed by atoms with Crippen molar-refractivity contribution in [2.75, 3.05) is 13.2 Å². The van der Waals surface area contributed by atoms with Gasteiger partial charge in [-0.25, -0.2) is 0 Å². The van der Waals surface area contributed by atoms with E-state index in [4.69, 9.17) is 4.74 Å². The first-order valence-corrected chi connectivity index (χ1v) is 5.08. The Hall–Kier alpha value is -0.340. The molecule has 2 nitrogen and oxygen atoms in total. The molecule has 0 aliphatic carbocycles. The third kappa shape index (κ3) is 3.12. The highest BCUT2D eigenvalue weighted by Crippen LogP contribution is 2.30. The van der Waals surface area contributed by atoms with E-state index in [1.165, 1.54) is 0 Å². The Morgan fingerprint density at radius 2 is 2.15 bits per heavy atom. The molecular weight excluding hydrogens is 164 g/mol. The van der Waals surface area contributed by atoms with Crippen molar-refractivity contribution in [3.8, 4) is 0 Å². The van der Waals surface area contributed by atoms with Crippen molar-refractivity contribution in [1.29, 1.82) is 0 Å². The zero-order valence-electron chi connectivity index (χ0n) is 8.46. The Labute approximate surface area is 80.6 Å². The van der Waals surface area contributed by atoms with Gasteiger partial charge in [0.2, 0.25) is 0 Å². The van der Waals surface area contributed by atoms with Crippen LogP contribution in [0.15, 0.2) is 12.7 Å². The van der Waals surface area contributed by atoms with E-state index in [9.17, 15) is 5.11 Å². The standard InChI is InChI=1S/C11H20O2/c1-3-4-7-11(2,12)10-5-8-13-9-6-10/h3,10,12H,1,4-9H2,2H3. The lowest BCUT2D eigenvalue weighted by atomic mass is 9.80. The first kappa shape index (κ1) is 10.7. The van der Waals surface area contributed by atoms with Crippen LogP contribution in [0.2, 0.25) is 0 Å². The van der Waals surface area contributed by atoms with Crippen molar-refractivity contribution < 1.29 is 9.84 Å². The van der Waals surface area contributed by atoms with E-state index in [0.29, 0.717) is 5.92 Å². The second-order valence-corrected chi connectivity index (χ2v) is 4.07. The minimum Gasteiger partial charge on any atom is -0.390 e. The number of aliphatic hydroxyl groups is 1. The fraction of sp³-hybridized carbons (Fsp3) is 0.818. The summed E-state index contributed by atoms with van der Waals surface area (Å²) in [6.07, 6.45) is 5.56. The van der Waals surface area contributed by atoms with E-state index in [2.05, 4.69) is 6.58 Å².